The molecule has 1 saturated heterocycles. The van der Waals surface area contributed by atoms with Gasteiger partial charge in [0.25, 0.3) is 0 Å². The number of anilines is 1. The second kappa shape index (κ2) is 12.1. The van der Waals surface area contributed by atoms with Crippen LogP contribution in [-0.2, 0) is 14.3 Å². The molecule has 0 aromatic heterocycles. The first-order valence-electron chi connectivity index (χ1n) is 9.03. The fourth-order valence-corrected chi connectivity index (χ4v) is 3.26. The standard InChI is InChI=1S/C19H27ClN4O3.HI/c1-13-11-24(12-16(13)18(26)27-3)19(21-2)22-10-4-5-17(25)23-15-8-6-14(20)7-9-15;/h6-9,13,16H,4-5,10-12H2,1-3H3,(H,21,22)(H,23,25);1H. The lowest BCUT2D eigenvalue weighted by Crippen LogP contribution is -2.41. The van der Waals surface area contributed by atoms with E-state index in [2.05, 4.69) is 20.5 Å². The topological polar surface area (TPSA) is 83.0 Å². The Morgan fingerprint density at radius 3 is 2.57 bits per heavy atom. The highest BCUT2D eigenvalue weighted by atomic mass is 127. The second-order valence-corrected chi connectivity index (χ2v) is 7.08. The van der Waals surface area contributed by atoms with Crippen molar-refractivity contribution >= 4 is 59.1 Å². The number of nitrogens with one attached hydrogen (secondary N) is 2. The number of hydrogen-bond acceptors (Lipinski definition) is 4. The normalized spacial score (nSPS) is 19.0. The van der Waals surface area contributed by atoms with Crippen LogP contribution in [0.15, 0.2) is 29.3 Å². The summed E-state index contributed by atoms with van der Waals surface area (Å²) in [5.41, 5.74) is 0.730. The van der Waals surface area contributed by atoms with Crippen molar-refractivity contribution in [2.24, 2.45) is 16.8 Å². The van der Waals surface area contributed by atoms with Crippen LogP contribution in [0.5, 0.6) is 0 Å². The first-order chi connectivity index (χ1) is 12.9. The quantitative estimate of drug-likeness (QED) is 0.197. The van der Waals surface area contributed by atoms with Gasteiger partial charge < -0.3 is 20.3 Å². The van der Waals surface area contributed by atoms with E-state index in [4.69, 9.17) is 16.3 Å². The summed E-state index contributed by atoms with van der Waals surface area (Å²) in [5, 5.41) is 6.74. The van der Waals surface area contributed by atoms with Crippen LogP contribution in [0.3, 0.4) is 0 Å². The lowest BCUT2D eigenvalue weighted by atomic mass is 9.99. The predicted octanol–water partition coefficient (Wildman–Crippen LogP) is 2.99. The molecule has 1 aromatic rings. The number of aliphatic imine (C=N–C) groups is 1. The Hall–Kier alpha value is -1.55. The third kappa shape index (κ3) is 7.12. The van der Waals surface area contributed by atoms with Gasteiger partial charge in [-0.2, -0.15) is 0 Å². The number of carbonyl (C=O) groups is 2. The summed E-state index contributed by atoms with van der Waals surface area (Å²) >= 11 is 5.83. The molecule has 0 saturated carbocycles. The van der Waals surface area contributed by atoms with Crippen LogP contribution < -0.4 is 10.6 Å². The molecule has 156 valence electrons. The van der Waals surface area contributed by atoms with Gasteiger partial charge in [-0.25, -0.2) is 0 Å². The molecule has 1 fully saturated rings. The number of esters is 1. The summed E-state index contributed by atoms with van der Waals surface area (Å²) in [7, 11) is 3.13. The average molecular weight is 523 g/mol. The van der Waals surface area contributed by atoms with Crippen molar-refractivity contribution in [3.8, 4) is 0 Å². The molecule has 0 spiro atoms. The van der Waals surface area contributed by atoms with Crippen LogP contribution in [0, 0.1) is 11.8 Å². The fraction of sp³-hybridized carbons (Fsp3) is 0.526. The van der Waals surface area contributed by atoms with E-state index in [9.17, 15) is 9.59 Å². The van der Waals surface area contributed by atoms with Gasteiger partial charge in [0.15, 0.2) is 5.96 Å². The zero-order chi connectivity index (χ0) is 19.8. The van der Waals surface area contributed by atoms with E-state index in [-0.39, 0.29) is 47.7 Å². The molecule has 2 rings (SSSR count). The Labute approximate surface area is 188 Å². The molecule has 9 heteroatoms. The maximum atomic E-state index is 12.0. The number of nitrogens with zero attached hydrogens (tertiary/aromatic N) is 2. The maximum absolute atomic E-state index is 12.0. The number of carbonyl (C=O) groups excluding carboxylic acids is 2. The highest BCUT2D eigenvalue weighted by Crippen LogP contribution is 2.24. The van der Waals surface area contributed by atoms with Gasteiger partial charge in [0.1, 0.15) is 0 Å². The summed E-state index contributed by atoms with van der Waals surface area (Å²) < 4.78 is 4.87. The van der Waals surface area contributed by atoms with Gasteiger partial charge in [-0.15, -0.1) is 24.0 Å². The van der Waals surface area contributed by atoms with Crippen LogP contribution in [0.4, 0.5) is 5.69 Å². The molecule has 2 atom stereocenters. The number of rotatable bonds is 6. The Morgan fingerprint density at radius 2 is 1.96 bits per heavy atom. The van der Waals surface area contributed by atoms with E-state index in [1.165, 1.54) is 7.11 Å². The maximum Gasteiger partial charge on any atom is 0.310 e. The molecule has 2 N–H and O–H groups in total. The van der Waals surface area contributed by atoms with Crippen molar-refractivity contribution in [2.75, 3.05) is 39.1 Å². The lowest BCUT2D eigenvalue weighted by Gasteiger charge is -2.21. The number of hydrogen-bond donors (Lipinski definition) is 2. The number of amides is 1. The molecule has 2 unspecified atom stereocenters. The molecule has 0 bridgehead atoms. The molecular formula is C19H28ClIN4O3. The van der Waals surface area contributed by atoms with Crippen molar-refractivity contribution in [3.05, 3.63) is 29.3 Å². The number of halogens is 2. The van der Waals surface area contributed by atoms with E-state index in [0.717, 1.165) is 18.2 Å². The van der Waals surface area contributed by atoms with Crippen LogP contribution >= 0.6 is 35.6 Å². The molecule has 1 heterocycles. The van der Waals surface area contributed by atoms with Gasteiger partial charge in [-0.05, 0) is 36.6 Å². The lowest BCUT2D eigenvalue weighted by molar-refractivity contribution is -0.146. The minimum absolute atomic E-state index is 0. The van der Waals surface area contributed by atoms with Gasteiger partial charge in [-0.3, -0.25) is 14.6 Å². The van der Waals surface area contributed by atoms with Gasteiger partial charge in [0, 0.05) is 43.8 Å². The summed E-state index contributed by atoms with van der Waals surface area (Å²) in [6.45, 7) is 3.99. The van der Waals surface area contributed by atoms with Gasteiger partial charge in [0.05, 0.1) is 13.0 Å². The van der Waals surface area contributed by atoms with Gasteiger partial charge in [-0.1, -0.05) is 18.5 Å². The molecule has 1 amide bonds. The van der Waals surface area contributed by atoms with Crippen molar-refractivity contribution in [1.82, 2.24) is 10.2 Å². The van der Waals surface area contributed by atoms with Crippen LogP contribution in [0.25, 0.3) is 0 Å². The highest BCUT2D eigenvalue weighted by Gasteiger charge is 2.36. The average Bonchev–Trinajstić information content (AvgIpc) is 3.04. The number of guanidine groups is 1. The minimum atomic E-state index is -0.181. The van der Waals surface area contributed by atoms with Crippen molar-refractivity contribution in [1.29, 1.82) is 0 Å². The highest BCUT2D eigenvalue weighted by molar-refractivity contribution is 14.0. The number of methoxy groups -OCH3 is 1. The van der Waals surface area contributed by atoms with E-state index in [0.29, 0.717) is 31.0 Å². The van der Waals surface area contributed by atoms with Crippen LogP contribution in [-0.4, -0.2) is 56.5 Å². The smallest absolute Gasteiger partial charge is 0.310 e. The SMILES string of the molecule is CN=C(NCCCC(=O)Nc1ccc(Cl)cc1)N1CC(C)C(C(=O)OC)C1.I. The van der Waals surface area contributed by atoms with Crippen LogP contribution in [0.2, 0.25) is 5.02 Å². The number of ether oxygens (including phenoxy) is 1. The molecule has 0 aliphatic carbocycles. The van der Waals surface area contributed by atoms with Crippen molar-refractivity contribution in [2.45, 2.75) is 19.8 Å². The second-order valence-electron chi connectivity index (χ2n) is 6.64. The largest absolute Gasteiger partial charge is 0.469 e. The van der Waals surface area contributed by atoms with Gasteiger partial charge >= 0.3 is 5.97 Å². The van der Waals surface area contributed by atoms with Crippen molar-refractivity contribution in [3.63, 3.8) is 0 Å². The fourth-order valence-electron chi connectivity index (χ4n) is 3.14. The molecule has 1 aliphatic rings. The zero-order valence-electron chi connectivity index (χ0n) is 16.4. The third-order valence-electron chi connectivity index (χ3n) is 4.62. The Bertz CT molecular complexity index is 684. The number of benzene rings is 1. The van der Waals surface area contributed by atoms with E-state index >= 15 is 0 Å². The first-order valence-corrected chi connectivity index (χ1v) is 9.41. The number of likely N-dealkylation sites (tertiary alicyclic amines) is 1. The summed E-state index contributed by atoms with van der Waals surface area (Å²) in [4.78, 5) is 30.2. The minimum Gasteiger partial charge on any atom is -0.469 e. The summed E-state index contributed by atoms with van der Waals surface area (Å²) in [6.07, 6.45) is 1.07. The third-order valence-corrected chi connectivity index (χ3v) is 4.87. The summed E-state index contributed by atoms with van der Waals surface area (Å²) in [6, 6.07) is 7.02. The molecular weight excluding hydrogens is 495 g/mol. The Balaban J connectivity index is 0.00000392. The van der Waals surface area contributed by atoms with E-state index in [1.54, 1.807) is 31.3 Å². The molecule has 7 nitrogen and oxygen atoms in total. The van der Waals surface area contributed by atoms with Gasteiger partial charge in [0.2, 0.25) is 5.91 Å². The predicted molar refractivity (Wildman–Crippen MR) is 122 cm³/mol. The monoisotopic (exact) mass is 522 g/mol. The van der Waals surface area contributed by atoms with E-state index < -0.39 is 0 Å². The van der Waals surface area contributed by atoms with Crippen LogP contribution in [0.1, 0.15) is 19.8 Å². The molecule has 0 radical (unpaired) electrons. The zero-order valence-corrected chi connectivity index (χ0v) is 19.5. The Kier molecular flexibility index (Phi) is 10.6. The molecule has 1 aliphatic heterocycles. The molecule has 1 aromatic carbocycles. The van der Waals surface area contributed by atoms with Crippen molar-refractivity contribution < 1.29 is 14.3 Å². The summed E-state index contributed by atoms with van der Waals surface area (Å²) in [5.74, 6) is 0.584. The first kappa shape index (κ1) is 24.5. The molecule has 28 heavy (non-hydrogen) atoms. The van der Waals surface area contributed by atoms with E-state index in [1.807, 2.05) is 6.92 Å². The Morgan fingerprint density at radius 1 is 1.29 bits per heavy atom.